The van der Waals surface area contributed by atoms with E-state index in [1.54, 1.807) is 18.2 Å². The van der Waals surface area contributed by atoms with Gasteiger partial charge in [0, 0.05) is 31.8 Å². The normalized spacial score (nSPS) is 11.3. The summed E-state index contributed by atoms with van der Waals surface area (Å²) < 4.78 is 16.4. The number of ether oxygens (including phenoxy) is 3. The molecule has 0 amide bonds. The van der Waals surface area contributed by atoms with Gasteiger partial charge in [-0.25, -0.2) is 0 Å². The van der Waals surface area contributed by atoms with Crippen LogP contribution in [0.5, 0.6) is 0 Å². The molecule has 0 rings (SSSR count). The van der Waals surface area contributed by atoms with Crippen molar-refractivity contribution in [2.24, 2.45) is 5.41 Å². The van der Waals surface area contributed by atoms with Crippen molar-refractivity contribution in [2.45, 2.75) is 19.3 Å². The topological polar surface area (TPSA) is 47.9 Å². The van der Waals surface area contributed by atoms with Gasteiger partial charge in [-0.1, -0.05) is 18.2 Å². The lowest BCUT2D eigenvalue weighted by Gasteiger charge is -2.32. The molecule has 0 radical (unpaired) electrons. The van der Waals surface area contributed by atoms with Crippen LogP contribution >= 0.6 is 0 Å². The summed E-state index contributed by atoms with van der Waals surface area (Å²) in [6.07, 6.45) is 7.48. The largest absolute Gasteiger partial charge is 0.396 e. The molecule has 0 spiro atoms. The second-order valence-electron chi connectivity index (χ2n) is 5.00. The zero-order chi connectivity index (χ0) is 15.8. The van der Waals surface area contributed by atoms with Crippen LogP contribution in [-0.4, -0.2) is 51.4 Å². The molecular formula is C17H30O4. The fourth-order valence-electron chi connectivity index (χ4n) is 1.98. The van der Waals surface area contributed by atoms with Crippen LogP contribution in [0, 0.1) is 5.41 Å². The van der Waals surface area contributed by atoms with Crippen LogP contribution in [0.25, 0.3) is 0 Å². The monoisotopic (exact) mass is 298 g/mol. The molecule has 0 fully saturated rings. The van der Waals surface area contributed by atoms with E-state index in [0.717, 1.165) is 19.3 Å². The highest BCUT2D eigenvalue weighted by molar-refractivity contribution is 4.80. The Morgan fingerprint density at radius 1 is 0.714 bits per heavy atom. The van der Waals surface area contributed by atoms with Gasteiger partial charge in [-0.15, -0.1) is 19.7 Å². The van der Waals surface area contributed by atoms with Crippen LogP contribution in [0.4, 0.5) is 0 Å². The van der Waals surface area contributed by atoms with Crippen molar-refractivity contribution in [1.29, 1.82) is 0 Å². The summed E-state index contributed by atoms with van der Waals surface area (Å²) in [4.78, 5) is 0. The second kappa shape index (κ2) is 14.0. The maximum atomic E-state index is 9.82. The second-order valence-corrected chi connectivity index (χ2v) is 5.00. The van der Waals surface area contributed by atoms with Gasteiger partial charge in [0.2, 0.25) is 0 Å². The summed E-state index contributed by atoms with van der Waals surface area (Å²) in [5.74, 6) is 0. The number of aliphatic hydroxyl groups excluding tert-OH is 1. The summed E-state index contributed by atoms with van der Waals surface area (Å²) in [5, 5.41) is 9.82. The van der Waals surface area contributed by atoms with E-state index in [9.17, 15) is 5.11 Å². The molecule has 0 unspecified atom stereocenters. The minimum Gasteiger partial charge on any atom is -0.396 e. The maximum absolute atomic E-state index is 9.82. The van der Waals surface area contributed by atoms with Crippen molar-refractivity contribution < 1.29 is 19.3 Å². The van der Waals surface area contributed by atoms with E-state index in [1.807, 2.05) is 0 Å². The molecule has 4 heteroatoms. The van der Waals surface area contributed by atoms with Crippen LogP contribution in [0.3, 0.4) is 0 Å². The fraction of sp³-hybridized carbons (Fsp3) is 0.647. The molecule has 0 aliphatic heterocycles. The first-order chi connectivity index (χ1) is 10.2. The molecule has 0 aliphatic rings. The molecule has 0 aromatic heterocycles. The van der Waals surface area contributed by atoms with E-state index in [0.29, 0.717) is 39.6 Å². The van der Waals surface area contributed by atoms with Crippen molar-refractivity contribution >= 4 is 0 Å². The lowest BCUT2D eigenvalue weighted by molar-refractivity contribution is 0.00836. The van der Waals surface area contributed by atoms with Gasteiger partial charge >= 0.3 is 0 Å². The maximum Gasteiger partial charge on any atom is 0.0644 e. The first-order valence-corrected chi connectivity index (χ1v) is 7.41. The Bertz CT molecular complexity index is 235. The molecule has 0 saturated carbocycles. The Balaban J connectivity index is 4.31. The molecule has 0 aromatic carbocycles. The molecule has 21 heavy (non-hydrogen) atoms. The zero-order valence-corrected chi connectivity index (χ0v) is 13.1. The smallest absolute Gasteiger partial charge is 0.0644 e. The fourth-order valence-corrected chi connectivity index (χ4v) is 1.98. The van der Waals surface area contributed by atoms with Crippen LogP contribution in [0.1, 0.15) is 19.3 Å². The first-order valence-electron chi connectivity index (χ1n) is 7.41. The number of rotatable bonds is 16. The lowest BCUT2D eigenvalue weighted by Crippen LogP contribution is -2.31. The van der Waals surface area contributed by atoms with E-state index < -0.39 is 0 Å². The third-order valence-electron chi connectivity index (χ3n) is 3.37. The first kappa shape index (κ1) is 20.1. The third-order valence-corrected chi connectivity index (χ3v) is 3.37. The minimum atomic E-state index is -0.233. The van der Waals surface area contributed by atoms with Crippen LogP contribution in [0.2, 0.25) is 0 Å². The average molecular weight is 298 g/mol. The van der Waals surface area contributed by atoms with Gasteiger partial charge in [-0.2, -0.15) is 0 Å². The average Bonchev–Trinajstić information content (AvgIpc) is 2.51. The van der Waals surface area contributed by atoms with Gasteiger partial charge in [0.05, 0.1) is 19.8 Å². The number of hydrogen-bond donors (Lipinski definition) is 1. The summed E-state index contributed by atoms with van der Waals surface area (Å²) in [5.41, 5.74) is -0.233. The number of hydrogen-bond acceptors (Lipinski definition) is 4. The zero-order valence-electron chi connectivity index (χ0n) is 13.1. The summed E-state index contributed by atoms with van der Waals surface area (Å²) in [6.45, 7) is 14.3. The van der Waals surface area contributed by atoms with Crippen molar-refractivity contribution in [1.82, 2.24) is 0 Å². The highest BCUT2D eigenvalue weighted by Crippen LogP contribution is 2.30. The van der Waals surface area contributed by atoms with E-state index in [1.165, 1.54) is 0 Å². The van der Waals surface area contributed by atoms with Crippen LogP contribution < -0.4 is 0 Å². The summed E-state index contributed by atoms with van der Waals surface area (Å²) in [6, 6.07) is 0. The van der Waals surface area contributed by atoms with Crippen molar-refractivity contribution in [3.63, 3.8) is 0 Å². The molecule has 0 bridgehead atoms. The molecule has 0 aromatic rings. The van der Waals surface area contributed by atoms with Crippen molar-refractivity contribution in [3.8, 4) is 0 Å². The minimum absolute atomic E-state index is 0.0966. The molecule has 1 N–H and O–H groups in total. The molecule has 0 saturated heterocycles. The van der Waals surface area contributed by atoms with Gasteiger partial charge in [0.15, 0.2) is 0 Å². The third kappa shape index (κ3) is 10.4. The Hall–Kier alpha value is -0.940. The van der Waals surface area contributed by atoms with Crippen LogP contribution in [-0.2, 0) is 14.2 Å². The van der Waals surface area contributed by atoms with E-state index >= 15 is 0 Å². The molecule has 0 atom stereocenters. The molecule has 0 aliphatic carbocycles. The predicted octanol–water partition coefficient (Wildman–Crippen LogP) is 2.74. The van der Waals surface area contributed by atoms with Crippen molar-refractivity contribution in [3.05, 3.63) is 38.0 Å². The SMILES string of the molecule is C=CCOCCC(CO)(CCOCC=C)CCOCC=C. The summed E-state index contributed by atoms with van der Waals surface area (Å²) >= 11 is 0. The number of aliphatic hydroxyl groups is 1. The molecule has 122 valence electrons. The van der Waals surface area contributed by atoms with Gasteiger partial charge in [-0.05, 0) is 19.3 Å². The Morgan fingerprint density at radius 3 is 1.29 bits per heavy atom. The van der Waals surface area contributed by atoms with Gasteiger partial charge < -0.3 is 19.3 Å². The molecule has 4 nitrogen and oxygen atoms in total. The summed E-state index contributed by atoms with van der Waals surface area (Å²) in [7, 11) is 0. The standard InChI is InChI=1S/C17H30O4/c1-4-10-19-13-7-17(16-18,8-14-20-11-5-2)9-15-21-12-6-3/h4-6,18H,1-3,7-16H2. The Morgan fingerprint density at radius 2 is 1.05 bits per heavy atom. The van der Waals surface area contributed by atoms with Gasteiger partial charge in [-0.3, -0.25) is 0 Å². The van der Waals surface area contributed by atoms with E-state index in [4.69, 9.17) is 14.2 Å². The van der Waals surface area contributed by atoms with E-state index in [-0.39, 0.29) is 12.0 Å². The Labute approximate surface area is 129 Å². The highest BCUT2D eigenvalue weighted by Gasteiger charge is 2.28. The predicted molar refractivity (Wildman–Crippen MR) is 86.4 cm³/mol. The quantitative estimate of drug-likeness (QED) is 0.351. The molecule has 0 heterocycles. The lowest BCUT2D eigenvalue weighted by atomic mass is 9.79. The van der Waals surface area contributed by atoms with Gasteiger partial charge in [0.1, 0.15) is 0 Å². The highest BCUT2D eigenvalue weighted by atomic mass is 16.5. The van der Waals surface area contributed by atoms with Gasteiger partial charge in [0.25, 0.3) is 0 Å². The van der Waals surface area contributed by atoms with Crippen molar-refractivity contribution in [2.75, 3.05) is 46.2 Å². The molecular weight excluding hydrogens is 268 g/mol. The van der Waals surface area contributed by atoms with E-state index in [2.05, 4.69) is 19.7 Å². The van der Waals surface area contributed by atoms with Crippen LogP contribution in [0.15, 0.2) is 38.0 Å². The Kier molecular flexibility index (Phi) is 13.4.